The molecule has 5 heteroatoms. The molecule has 0 atom stereocenters. The van der Waals surface area contributed by atoms with Crippen LogP contribution in [0, 0.1) is 5.92 Å². The number of methoxy groups -OCH3 is 1. The summed E-state index contributed by atoms with van der Waals surface area (Å²) in [5.41, 5.74) is 2.16. The third kappa shape index (κ3) is 5.37. The molecule has 0 spiro atoms. The SMILES string of the molecule is COc1cc(CNCC2CCNCC2)ccc1OCc1ccccc1Cl. The van der Waals surface area contributed by atoms with E-state index in [1.54, 1.807) is 7.11 Å². The van der Waals surface area contributed by atoms with Crippen LogP contribution in [0.2, 0.25) is 5.02 Å². The summed E-state index contributed by atoms with van der Waals surface area (Å²) in [6.45, 7) is 4.60. The molecule has 26 heavy (non-hydrogen) atoms. The van der Waals surface area contributed by atoms with Gasteiger partial charge in [-0.25, -0.2) is 0 Å². The highest BCUT2D eigenvalue weighted by Crippen LogP contribution is 2.29. The van der Waals surface area contributed by atoms with Gasteiger partial charge in [-0.1, -0.05) is 35.9 Å². The van der Waals surface area contributed by atoms with Crippen LogP contribution in [-0.4, -0.2) is 26.7 Å². The van der Waals surface area contributed by atoms with Crippen molar-refractivity contribution in [1.29, 1.82) is 0 Å². The Morgan fingerprint density at radius 1 is 1.12 bits per heavy atom. The fraction of sp³-hybridized carbons (Fsp3) is 0.429. The van der Waals surface area contributed by atoms with Crippen molar-refractivity contribution in [3.05, 3.63) is 58.6 Å². The molecule has 0 aromatic heterocycles. The van der Waals surface area contributed by atoms with Gasteiger partial charge in [0.25, 0.3) is 0 Å². The Kier molecular flexibility index (Phi) is 7.18. The Hall–Kier alpha value is -1.75. The summed E-state index contributed by atoms with van der Waals surface area (Å²) >= 11 is 6.19. The molecule has 4 nitrogen and oxygen atoms in total. The van der Waals surface area contributed by atoms with E-state index in [1.165, 1.54) is 18.4 Å². The highest BCUT2D eigenvalue weighted by atomic mass is 35.5. The summed E-state index contributed by atoms with van der Waals surface area (Å²) in [7, 11) is 1.67. The lowest BCUT2D eigenvalue weighted by atomic mass is 9.98. The first-order valence-electron chi connectivity index (χ1n) is 9.21. The van der Waals surface area contributed by atoms with E-state index >= 15 is 0 Å². The molecule has 2 N–H and O–H groups in total. The van der Waals surface area contributed by atoms with E-state index < -0.39 is 0 Å². The zero-order chi connectivity index (χ0) is 18.2. The van der Waals surface area contributed by atoms with Gasteiger partial charge in [-0.2, -0.15) is 0 Å². The average molecular weight is 375 g/mol. The van der Waals surface area contributed by atoms with Gasteiger partial charge in [0, 0.05) is 17.1 Å². The highest BCUT2D eigenvalue weighted by Gasteiger charge is 2.12. The molecule has 2 aromatic rings. The number of hydrogen-bond donors (Lipinski definition) is 2. The van der Waals surface area contributed by atoms with Crippen molar-refractivity contribution in [3.63, 3.8) is 0 Å². The summed E-state index contributed by atoms with van der Waals surface area (Å²) in [6, 6.07) is 13.8. The summed E-state index contributed by atoms with van der Waals surface area (Å²) in [5.74, 6) is 2.25. The minimum absolute atomic E-state index is 0.420. The Balaban J connectivity index is 1.54. The van der Waals surface area contributed by atoms with E-state index in [2.05, 4.69) is 16.7 Å². The van der Waals surface area contributed by atoms with Gasteiger partial charge in [0.05, 0.1) is 7.11 Å². The third-order valence-electron chi connectivity index (χ3n) is 4.79. The van der Waals surface area contributed by atoms with Gasteiger partial charge < -0.3 is 20.1 Å². The summed E-state index contributed by atoms with van der Waals surface area (Å²) in [6.07, 6.45) is 2.51. The quantitative estimate of drug-likeness (QED) is 0.732. The fourth-order valence-corrected chi connectivity index (χ4v) is 3.41. The maximum absolute atomic E-state index is 6.19. The first-order chi connectivity index (χ1) is 12.8. The van der Waals surface area contributed by atoms with Gasteiger partial charge in [-0.05, 0) is 62.2 Å². The molecule has 2 aromatic carbocycles. The summed E-state index contributed by atoms with van der Waals surface area (Å²) in [5, 5.41) is 7.68. The Bertz CT molecular complexity index is 702. The van der Waals surface area contributed by atoms with Crippen molar-refractivity contribution in [2.75, 3.05) is 26.7 Å². The van der Waals surface area contributed by atoms with Gasteiger partial charge in [-0.15, -0.1) is 0 Å². The highest BCUT2D eigenvalue weighted by molar-refractivity contribution is 6.31. The van der Waals surface area contributed by atoms with E-state index in [-0.39, 0.29) is 0 Å². The molecular weight excluding hydrogens is 348 g/mol. The number of benzene rings is 2. The monoisotopic (exact) mass is 374 g/mol. The van der Waals surface area contributed by atoms with Gasteiger partial charge in [0.1, 0.15) is 6.61 Å². The number of halogens is 1. The summed E-state index contributed by atoms with van der Waals surface area (Å²) < 4.78 is 11.4. The smallest absolute Gasteiger partial charge is 0.161 e. The molecule has 1 saturated heterocycles. The lowest BCUT2D eigenvalue weighted by molar-refractivity contribution is 0.284. The predicted molar refractivity (Wildman–Crippen MR) is 106 cm³/mol. The van der Waals surface area contributed by atoms with Crippen LogP contribution in [0.25, 0.3) is 0 Å². The van der Waals surface area contributed by atoms with Crippen molar-refractivity contribution in [2.24, 2.45) is 5.92 Å². The van der Waals surface area contributed by atoms with E-state index in [1.807, 2.05) is 36.4 Å². The molecule has 0 aliphatic carbocycles. The van der Waals surface area contributed by atoms with Crippen molar-refractivity contribution in [3.8, 4) is 11.5 Å². The molecule has 0 amide bonds. The number of rotatable bonds is 8. The lowest BCUT2D eigenvalue weighted by Crippen LogP contribution is -2.33. The van der Waals surface area contributed by atoms with Crippen molar-refractivity contribution >= 4 is 11.6 Å². The molecule has 140 valence electrons. The second kappa shape index (κ2) is 9.81. The molecule has 1 aliphatic heterocycles. The van der Waals surface area contributed by atoms with Crippen LogP contribution in [0.3, 0.4) is 0 Å². The van der Waals surface area contributed by atoms with Gasteiger partial charge in [-0.3, -0.25) is 0 Å². The maximum Gasteiger partial charge on any atom is 0.161 e. The lowest BCUT2D eigenvalue weighted by Gasteiger charge is -2.23. The van der Waals surface area contributed by atoms with E-state index in [0.29, 0.717) is 11.6 Å². The minimum atomic E-state index is 0.420. The average Bonchev–Trinajstić information content (AvgIpc) is 2.68. The van der Waals surface area contributed by atoms with Crippen molar-refractivity contribution in [1.82, 2.24) is 10.6 Å². The Morgan fingerprint density at radius 3 is 2.69 bits per heavy atom. The van der Waals surface area contributed by atoms with Gasteiger partial charge in [0.2, 0.25) is 0 Å². The maximum atomic E-state index is 6.19. The molecule has 3 rings (SSSR count). The molecule has 0 saturated carbocycles. The van der Waals surface area contributed by atoms with Crippen molar-refractivity contribution in [2.45, 2.75) is 26.0 Å². The number of nitrogens with one attached hydrogen (secondary N) is 2. The van der Waals surface area contributed by atoms with Crippen LogP contribution in [0.1, 0.15) is 24.0 Å². The topological polar surface area (TPSA) is 42.5 Å². The van der Waals surface area contributed by atoms with Crippen LogP contribution >= 0.6 is 11.6 Å². The number of hydrogen-bond acceptors (Lipinski definition) is 4. The Morgan fingerprint density at radius 2 is 1.92 bits per heavy atom. The summed E-state index contributed by atoms with van der Waals surface area (Å²) in [4.78, 5) is 0. The van der Waals surface area contributed by atoms with Crippen LogP contribution in [0.15, 0.2) is 42.5 Å². The molecular formula is C21H27ClN2O2. The fourth-order valence-electron chi connectivity index (χ4n) is 3.22. The van der Waals surface area contributed by atoms with Crippen LogP contribution in [0.5, 0.6) is 11.5 Å². The molecule has 0 bridgehead atoms. The number of ether oxygens (including phenoxy) is 2. The zero-order valence-electron chi connectivity index (χ0n) is 15.3. The van der Waals surface area contributed by atoms with Gasteiger partial charge >= 0.3 is 0 Å². The number of piperidine rings is 1. The first kappa shape index (κ1) is 19.0. The van der Waals surface area contributed by atoms with Crippen LogP contribution in [0.4, 0.5) is 0 Å². The van der Waals surface area contributed by atoms with E-state index in [4.69, 9.17) is 21.1 Å². The second-order valence-corrected chi connectivity index (χ2v) is 7.10. The largest absolute Gasteiger partial charge is 0.493 e. The van der Waals surface area contributed by atoms with Gasteiger partial charge in [0.15, 0.2) is 11.5 Å². The molecule has 1 heterocycles. The molecule has 1 fully saturated rings. The first-order valence-corrected chi connectivity index (χ1v) is 9.58. The molecule has 0 unspecified atom stereocenters. The van der Waals surface area contributed by atoms with E-state index in [0.717, 1.165) is 49.2 Å². The normalized spacial score (nSPS) is 15.0. The molecule has 0 radical (unpaired) electrons. The van der Waals surface area contributed by atoms with E-state index in [9.17, 15) is 0 Å². The standard InChI is InChI=1S/C21H27ClN2O2/c1-25-21-12-17(14-24-13-16-8-10-23-11-9-16)6-7-20(21)26-15-18-4-2-3-5-19(18)22/h2-7,12,16,23-24H,8-11,13-15H2,1H3. The third-order valence-corrected chi connectivity index (χ3v) is 5.16. The zero-order valence-corrected chi connectivity index (χ0v) is 16.0. The van der Waals surface area contributed by atoms with Crippen LogP contribution in [-0.2, 0) is 13.2 Å². The van der Waals surface area contributed by atoms with Crippen molar-refractivity contribution < 1.29 is 9.47 Å². The predicted octanol–water partition coefficient (Wildman–Crippen LogP) is 4.02. The molecule has 1 aliphatic rings. The minimum Gasteiger partial charge on any atom is -0.493 e. The van der Waals surface area contributed by atoms with Crippen LogP contribution < -0.4 is 20.1 Å². The Labute approximate surface area is 160 Å². The second-order valence-electron chi connectivity index (χ2n) is 6.69.